The van der Waals surface area contributed by atoms with Gasteiger partial charge in [0.15, 0.2) is 0 Å². The van der Waals surface area contributed by atoms with Gasteiger partial charge in [-0.25, -0.2) is 4.79 Å². The molecular formula is C17H17N7O. The number of anilines is 3. The summed E-state index contributed by atoms with van der Waals surface area (Å²) in [6.07, 6.45) is 5.48. The number of H-pyrrole nitrogens is 3. The Kier molecular flexibility index (Phi) is 3.03. The average Bonchev–Trinajstić information content (AvgIpc) is 3.15. The molecule has 1 saturated carbocycles. The van der Waals surface area contributed by atoms with E-state index in [0.29, 0.717) is 12.0 Å². The maximum Gasteiger partial charge on any atom is 0.323 e. The van der Waals surface area contributed by atoms with Gasteiger partial charge in [-0.15, -0.1) is 0 Å². The number of imidazole rings is 1. The second-order valence-electron chi connectivity index (χ2n) is 6.37. The Labute approximate surface area is 142 Å². The summed E-state index contributed by atoms with van der Waals surface area (Å²) in [4.78, 5) is 29.2. The largest absolute Gasteiger partial charge is 0.367 e. The Morgan fingerprint density at radius 3 is 2.80 bits per heavy atom. The predicted octanol–water partition coefficient (Wildman–Crippen LogP) is 2.84. The third-order valence-corrected chi connectivity index (χ3v) is 4.63. The van der Waals surface area contributed by atoms with Gasteiger partial charge in [-0.1, -0.05) is 0 Å². The first-order valence-corrected chi connectivity index (χ1v) is 8.35. The highest BCUT2D eigenvalue weighted by molar-refractivity contribution is 5.88. The van der Waals surface area contributed by atoms with Gasteiger partial charge in [-0.05, 0) is 43.5 Å². The zero-order valence-corrected chi connectivity index (χ0v) is 13.4. The number of hydrogen-bond acceptors (Lipinski definition) is 5. The van der Waals surface area contributed by atoms with Gasteiger partial charge in [0.2, 0.25) is 5.95 Å². The van der Waals surface area contributed by atoms with Crippen LogP contribution in [0.15, 0.2) is 35.3 Å². The summed E-state index contributed by atoms with van der Waals surface area (Å²) >= 11 is 0. The molecule has 8 heteroatoms. The molecule has 4 aromatic rings. The van der Waals surface area contributed by atoms with Crippen LogP contribution in [0.2, 0.25) is 0 Å². The topological polar surface area (TPSA) is 114 Å². The summed E-state index contributed by atoms with van der Waals surface area (Å²) < 4.78 is 0. The number of rotatable bonds is 4. The van der Waals surface area contributed by atoms with Gasteiger partial charge in [-0.2, -0.15) is 9.97 Å². The molecule has 0 aliphatic heterocycles. The minimum Gasteiger partial charge on any atom is -0.367 e. The molecule has 126 valence electrons. The molecular weight excluding hydrogens is 318 g/mol. The Morgan fingerprint density at radius 2 is 1.96 bits per heavy atom. The minimum absolute atomic E-state index is 0.219. The molecule has 1 aliphatic rings. The van der Waals surface area contributed by atoms with Crippen molar-refractivity contribution >= 4 is 39.5 Å². The van der Waals surface area contributed by atoms with Crippen molar-refractivity contribution in [3.8, 4) is 0 Å². The number of nitrogens with zero attached hydrogens (tertiary/aromatic N) is 2. The lowest BCUT2D eigenvalue weighted by molar-refractivity contribution is 0.445. The summed E-state index contributed by atoms with van der Waals surface area (Å²) in [6.45, 7) is 0. The quantitative estimate of drug-likeness (QED) is 0.393. The molecule has 0 unspecified atom stereocenters. The summed E-state index contributed by atoms with van der Waals surface area (Å²) in [5, 5.41) is 7.71. The van der Waals surface area contributed by atoms with Crippen molar-refractivity contribution in [2.75, 3.05) is 10.6 Å². The molecule has 0 bridgehead atoms. The van der Waals surface area contributed by atoms with Crippen molar-refractivity contribution in [2.45, 2.75) is 25.3 Å². The molecule has 0 atom stereocenters. The molecule has 5 rings (SSSR count). The molecule has 3 heterocycles. The van der Waals surface area contributed by atoms with Gasteiger partial charge in [0.05, 0.1) is 16.4 Å². The van der Waals surface area contributed by atoms with E-state index in [1.165, 1.54) is 19.3 Å². The number of aromatic amines is 3. The van der Waals surface area contributed by atoms with Crippen molar-refractivity contribution in [3.05, 3.63) is 40.9 Å². The van der Waals surface area contributed by atoms with E-state index in [-0.39, 0.29) is 5.69 Å². The predicted molar refractivity (Wildman–Crippen MR) is 97.4 cm³/mol. The van der Waals surface area contributed by atoms with Crippen LogP contribution in [0, 0.1) is 0 Å². The second-order valence-corrected chi connectivity index (χ2v) is 6.37. The van der Waals surface area contributed by atoms with Crippen molar-refractivity contribution in [1.29, 1.82) is 0 Å². The molecule has 1 aromatic carbocycles. The van der Waals surface area contributed by atoms with Crippen LogP contribution < -0.4 is 16.3 Å². The van der Waals surface area contributed by atoms with Crippen molar-refractivity contribution in [2.24, 2.45) is 0 Å². The van der Waals surface area contributed by atoms with Gasteiger partial charge < -0.3 is 25.6 Å². The average molecular weight is 335 g/mol. The van der Waals surface area contributed by atoms with Crippen LogP contribution in [0.5, 0.6) is 0 Å². The van der Waals surface area contributed by atoms with E-state index >= 15 is 0 Å². The lowest BCUT2D eigenvalue weighted by Gasteiger charge is -2.27. The smallest absolute Gasteiger partial charge is 0.323 e. The monoisotopic (exact) mass is 335 g/mol. The fourth-order valence-corrected chi connectivity index (χ4v) is 3.09. The van der Waals surface area contributed by atoms with Gasteiger partial charge in [0.1, 0.15) is 11.5 Å². The number of aromatic nitrogens is 5. The maximum absolute atomic E-state index is 11.4. The first kappa shape index (κ1) is 14.1. The molecule has 0 amide bonds. The normalized spacial score (nSPS) is 14.7. The standard InChI is InChI=1S/C17H17N7O/c25-17-21-12-5-4-10(8-13(12)22-17)20-16-23-14-11(6-7-18-14)15(24-16)19-9-2-1-3-9/h4-9H,1-3H2,(H2,21,22,25)(H3,18,19,20,23,24). The van der Waals surface area contributed by atoms with Crippen LogP contribution in [0.4, 0.5) is 17.5 Å². The molecule has 25 heavy (non-hydrogen) atoms. The van der Waals surface area contributed by atoms with Gasteiger partial charge in [-0.3, -0.25) is 0 Å². The van der Waals surface area contributed by atoms with E-state index in [0.717, 1.165) is 33.6 Å². The maximum atomic E-state index is 11.4. The number of benzene rings is 1. The molecule has 1 aliphatic carbocycles. The van der Waals surface area contributed by atoms with Crippen LogP contribution >= 0.6 is 0 Å². The van der Waals surface area contributed by atoms with Crippen LogP contribution in [0.1, 0.15) is 19.3 Å². The van der Waals surface area contributed by atoms with Gasteiger partial charge in [0, 0.05) is 17.9 Å². The summed E-state index contributed by atoms with van der Waals surface area (Å²) in [5.74, 6) is 1.35. The third-order valence-electron chi connectivity index (χ3n) is 4.63. The molecule has 3 aromatic heterocycles. The van der Waals surface area contributed by atoms with Crippen LogP contribution in [-0.2, 0) is 0 Å². The number of nitrogens with one attached hydrogen (secondary N) is 5. The second kappa shape index (κ2) is 5.37. The molecule has 0 spiro atoms. The minimum atomic E-state index is -0.219. The summed E-state index contributed by atoms with van der Waals surface area (Å²) in [7, 11) is 0. The lowest BCUT2D eigenvalue weighted by atomic mass is 9.93. The van der Waals surface area contributed by atoms with E-state index in [9.17, 15) is 4.79 Å². The zero-order valence-electron chi connectivity index (χ0n) is 13.4. The number of hydrogen-bond donors (Lipinski definition) is 5. The van der Waals surface area contributed by atoms with E-state index in [2.05, 4.69) is 35.6 Å². The van der Waals surface area contributed by atoms with Crippen LogP contribution in [-0.4, -0.2) is 31.0 Å². The van der Waals surface area contributed by atoms with E-state index in [4.69, 9.17) is 0 Å². The highest BCUT2D eigenvalue weighted by atomic mass is 16.1. The highest BCUT2D eigenvalue weighted by Crippen LogP contribution is 2.28. The first-order valence-electron chi connectivity index (χ1n) is 8.35. The molecule has 8 nitrogen and oxygen atoms in total. The van der Waals surface area contributed by atoms with E-state index < -0.39 is 0 Å². The van der Waals surface area contributed by atoms with Gasteiger partial charge >= 0.3 is 5.69 Å². The Morgan fingerprint density at radius 1 is 1.08 bits per heavy atom. The Hall–Kier alpha value is -3.29. The lowest BCUT2D eigenvalue weighted by Crippen LogP contribution is -2.27. The fourth-order valence-electron chi connectivity index (χ4n) is 3.09. The third kappa shape index (κ3) is 2.51. The zero-order chi connectivity index (χ0) is 16.8. The molecule has 5 N–H and O–H groups in total. The molecule has 0 saturated heterocycles. The van der Waals surface area contributed by atoms with Crippen molar-refractivity contribution in [3.63, 3.8) is 0 Å². The van der Waals surface area contributed by atoms with Crippen molar-refractivity contribution < 1.29 is 0 Å². The number of fused-ring (bicyclic) bond motifs is 2. The van der Waals surface area contributed by atoms with Gasteiger partial charge in [0.25, 0.3) is 0 Å². The Balaban J connectivity index is 1.51. The summed E-state index contributed by atoms with van der Waals surface area (Å²) in [5.41, 5.74) is 2.88. The molecule has 0 radical (unpaired) electrons. The van der Waals surface area contributed by atoms with E-state index in [1.54, 1.807) is 0 Å². The van der Waals surface area contributed by atoms with Crippen LogP contribution in [0.3, 0.4) is 0 Å². The Bertz CT molecular complexity index is 1120. The van der Waals surface area contributed by atoms with E-state index in [1.807, 2.05) is 30.5 Å². The fraction of sp³-hybridized carbons (Fsp3) is 0.235. The molecule has 1 fully saturated rings. The SMILES string of the molecule is O=c1[nH]c2ccc(Nc3nc(NC4CCC4)c4cc[nH]c4n3)cc2[nH]1. The highest BCUT2D eigenvalue weighted by Gasteiger charge is 2.19. The first-order chi connectivity index (χ1) is 12.2. The van der Waals surface area contributed by atoms with Crippen molar-refractivity contribution in [1.82, 2.24) is 24.9 Å². The summed E-state index contributed by atoms with van der Waals surface area (Å²) in [6, 6.07) is 8.05. The van der Waals surface area contributed by atoms with Crippen LogP contribution in [0.25, 0.3) is 22.1 Å².